The first kappa shape index (κ1) is 21.2. The van der Waals surface area contributed by atoms with Gasteiger partial charge in [-0.1, -0.05) is 12.8 Å². The number of nitrogens with zero attached hydrogens (tertiary/aromatic N) is 1. The van der Waals surface area contributed by atoms with E-state index < -0.39 is 10.8 Å². The van der Waals surface area contributed by atoms with E-state index in [0.29, 0.717) is 11.4 Å². The van der Waals surface area contributed by atoms with Crippen LogP contribution in [0, 0.1) is 10.1 Å². The Morgan fingerprint density at radius 3 is 2.48 bits per heavy atom. The molecule has 1 fully saturated rings. The maximum Gasteiger partial charge on any atom is 0.283 e. The Balaban J connectivity index is 0.00000312. The smallest absolute Gasteiger partial charge is 0.283 e. The lowest BCUT2D eigenvalue weighted by atomic mass is 9.98. The Morgan fingerprint density at radius 1 is 1.32 bits per heavy atom. The fourth-order valence-corrected chi connectivity index (χ4v) is 3.65. The lowest BCUT2D eigenvalue weighted by molar-refractivity contribution is -0.387. The summed E-state index contributed by atoms with van der Waals surface area (Å²) in [4.78, 5) is 34.2. The van der Waals surface area contributed by atoms with Crippen molar-refractivity contribution < 1.29 is 14.5 Å². The van der Waals surface area contributed by atoms with Gasteiger partial charge in [0.1, 0.15) is 0 Å². The van der Waals surface area contributed by atoms with Gasteiger partial charge >= 0.3 is 0 Å². The average molecular weight is 389 g/mol. The van der Waals surface area contributed by atoms with Crippen LogP contribution in [0.5, 0.6) is 0 Å². The molecule has 5 N–H and O–H groups in total. The molecule has 1 saturated carbocycles. The molecule has 0 saturated heterocycles. The maximum atomic E-state index is 12.2. The normalized spacial score (nSPS) is 15.2. The number of carbonyl (C=O) groups is 2. The number of nitrogens with one attached hydrogen (secondary N) is 1. The van der Waals surface area contributed by atoms with Crippen LogP contribution in [0.15, 0.2) is 23.1 Å². The van der Waals surface area contributed by atoms with Crippen molar-refractivity contribution in [3.63, 3.8) is 0 Å². The van der Waals surface area contributed by atoms with Crippen molar-refractivity contribution in [3.8, 4) is 0 Å². The molecular formula is C15H21ClN4O4S. The third kappa shape index (κ3) is 5.32. The first-order valence-electron chi connectivity index (χ1n) is 7.59. The van der Waals surface area contributed by atoms with Gasteiger partial charge in [-0.3, -0.25) is 19.7 Å². The molecule has 25 heavy (non-hydrogen) atoms. The van der Waals surface area contributed by atoms with E-state index in [9.17, 15) is 19.7 Å². The van der Waals surface area contributed by atoms with Crippen LogP contribution >= 0.6 is 24.2 Å². The number of nitro groups is 1. The van der Waals surface area contributed by atoms with Gasteiger partial charge in [0.2, 0.25) is 11.8 Å². The summed E-state index contributed by atoms with van der Waals surface area (Å²) in [7, 11) is 0. The molecule has 1 aliphatic carbocycles. The highest BCUT2D eigenvalue weighted by molar-refractivity contribution is 8.00. The minimum atomic E-state index is -0.737. The quantitative estimate of drug-likeness (QED) is 0.368. The summed E-state index contributed by atoms with van der Waals surface area (Å²) in [5.41, 5.74) is 10.4. The van der Waals surface area contributed by atoms with Crippen molar-refractivity contribution in [2.24, 2.45) is 11.5 Å². The Morgan fingerprint density at radius 2 is 1.96 bits per heavy atom. The number of rotatable bonds is 7. The second kappa shape index (κ2) is 9.02. The fourth-order valence-electron chi connectivity index (χ4n) is 2.84. The van der Waals surface area contributed by atoms with Crippen LogP contribution < -0.4 is 16.8 Å². The molecule has 10 heteroatoms. The molecule has 1 aromatic carbocycles. The molecule has 0 unspecified atom stereocenters. The van der Waals surface area contributed by atoms with Crippen molar-refractivity contribution in [2.75, 3.05) is 12.3 Å². The molecular weight excluding hydrogens is 368 g/mol. The molecule has 0 aromatic heterocycles. The molecule has 1 aliphatic rings. The van der Waals surface area contributed by atoms with E-state index >= 15 is 0 Å². The van der Waals surface area contributed by atoms with Crippen molar-refractivity contribution >= 4 is 41.7 Å². The van der Waals surface area contributed by atoms with Crippen LogP contribution in [0.2, 0.25) is 0 Å². The molecule has 2 rings (SSSR count). The summed E-state index contributed by atoms with van der Waals surface area (Å²) < 4.78 is 0. The first-order chi connectivity index (χ1) is 11.4. The number of primary amides is 1. The summed E-state index contributed by atoms with van der Waals surface area (Å²) >= 11 is 1.05. The lowest BCUT2D eigenvalue weighted by Crippen LogP contribution is -2.52. The third-order valence-corrected chi connectivity index (χ3v) is 5.22. The van der Waals surface area contributed by atoms with Gasteiger partial charge in [-0.25, -0.2) is 0 Å². The fraction of sp³-hybridized carbons (Fsp3) is 0.467. The van der Waals surface area contributed by atoms with Crippen LogP contribution in [0.1, 0.15) is 36.0 Å². The molecule has 0 aliphatic heterocycles. The summed E-state index contributed by atoms with van der Waals surface area (Å²) in [6.45, 7) is 0.386. The highest BCUT2D eigenvalue weighted by Crippen LogP contribution is 2.31. The van der Waals surface area contributed by atoms with Gasteiger partial charge in [-0.2, -0.15) is 0 Å². The number of hydrogen-bond acceptors (Lipinski definition) is 6. The minimum absolute atomic E-state index is 0. The lowest BCUT2D eigenvalue weighted by Gasteiger charge is -2.28. The van der Waals surface area contributed by atoms with E-state index in [1.165, 1.54) is 12.1 Å². The Hall–Kier alpha value is -1.84. The number of halogens is 1. The van der Waals surface area contributed by atoms with Crippen LogP contribution in [0.4, 0.5) is 5.69 Å². The predicted octanol–water partition coefficient (Wildman–Crippen LogP) is 1.60. The number of nitrogens with two attached hydrogens (primary N) is 2. The SMILES string of the molecule is Cl.NCC1(NC(=O)CSc2ccc(C(N)=O)cc2[N+](=O)[O-])CCCC1. The van der Waals surface area contributed by atoms with Gasteiger partial charge in [-0.15, -0.1) is 24.2 Å². The van der Waals surface area contributed by atoms with E-state index in [-0.39, 0.29) is 40.9 Å². The number of hydrogen-bond donors (Lipinski definition) is 3. The first-order valence-corrected chi connectivity index (χ1v) is 8.57. The zero-order chi connectivity index (χ0) is 17.7. The number of carbonyl (C=O) groups excluding carboxylic acids is 2. The molecule has 0 heterocycles. The van der Waals surface area contributed by atoms with Gasteiger partial charge in [0.25, 0.3) is 5.69 Å². The maximum absolute atomic E-state index is 12.2. The topological polar surface area (TPSA) is 141 Å². The highest BCUT2D eigenvalue weighted by Gasteiger charge is 2.33. The predicted molar refractivity (Wildman–Crippen MR) is 98.0 cm³/mol. The largest absolute Gasteiger partial charge is 0.366 e. The van der Waals surface area contributed by atoms with E-state index in [1.54, 1.807) is 0 Å². The summed E-state index contributed by atoms with van der Waals surface area (Å²) in [6, 6.07) is 3.97. The third-order valence-electron chi connectivity index (χ3n) is 4.15. The average Bonchev–Trinajstić information content (AvgIpc) is 3.01. The Kier molecular flexibility index (Phi) is 7.65. The molecule has 1 aromatic rings. The van der Waals surface area contributed by atoms with Gasteiger partial charge in [0.05, 0.1) is 21.1 Å². The number of thioether (sulfide) groups is 1. The standard InChI is InChI=1S/C15H20N4O4S.ClH/c16-9-15(5-1-2-6-15)18-13(20)8-24-12-4-3-10(14(17)21)7-11(12)19(22)23;/h3-4,7H,1-2,5-6,8-9,16H2,(H2,17,21)(H,18,20);1H. The number of amides is 2. The molecule has 2 amide bonds. The number of nitro benzene ring substituents is 1. The van der Waals surface area contributed by atoms with Crippen molar-refractivity contribution in [3.05, 3.63) is 33.9 Å². The Bertz CT molecular complexity index is 665. The van der Waals surface area contributed by atoms with E-state index in [4.69, 9.17) is 11.5 Å². The van der Waals surface area contributed by atoms with Crippen molar-refractivity contribution in [1.82, 2.24) is 5.32 Å². The molecule has 0 spiro atoms. The van der Waals surface area contributed by atoms with E-state index in [2.05, 4.69) is 5.32 Å². The molecule has 0 bridgehead atoms. The zero-order valence-electron chi connectivity index (χ0n) is 13.5. The summed E-state index contributed by atoms with van der Waals surface area (Å²) in [5.74, 6) is -0.905. The van der Waals surface area contributed by atoms with Gasteiger partial charge in [-0.05, 0) is 25.0 Å². The van der Waals surface area contributed by atoms with E-state index in [0.717, 1.165) is 43.5 Å². The van der Waals surface area contributed by atoms with Gasteiger partial charge in [0.15, 0.2) is 0 Å². The highest BCUT2D eigenvalue weighted by atomic mass is 35.5. The monoisotopic (exact) mass is 388 g/mol. The number of benzene rings is 1. The summed E-state index contributed by atoms with van der Waals surface area (Å²) in [6.07, 6.45) is 3.77. The van der Waals surface area contributed by atoms with Gasteiger partial charge < -0.3 is 16.8 Å². The molecule has 0 radical (unpaired) electrons. The molecule has 138 valence electrons. The van der Waals surface area contributed by atoms with Gasteiger partial charge in [0, 0.05) is 18.2 Å². The Labute approximate surface area is 155 Å². The van der Waals surface area contributed by atoms with Crippen LogP contribution in [-0.4, -0.2) is 34.6 Å². The minimum Gasteiger partial charge on any atom is -0.366 e. The second-order valence-electron chi connectivity index (χ2n) is 5.83. The van der Waals surface area contributed by atoms with Crippen LogP contribution in [-0.2, 0) is 4.79 Å². The second-order valence-corrected chi connectivity index (χ2v) is 6.85. The zero-order valence-corrected chi connectivity index (χ0v) is 15.2. The van der Waals surface area contributed by atoms with Crippen molar-refractivity contribution in [1.29, 1.82) is 0 Å². The van der Waals surface area contributed by atoms with E-state index in [1.807, 2.05) is 0 Å². The van der Waals surface area contributed by atoms with Crippen LogP contribution in [0.25, 0.3) is 0 Å². The molecule has 8 nitrogen and oxygen atoms in total. The van der Waals surface area contributed by atoms with Crippen molar-refractivity contribution in [2.45, 2.75) is 36.1 Å². The molecule has 0 atom stereocenters. The van der Waals surface area contributed by atoms with Crippen LogP contribution in [0.3, 0.4) is 0 Å². The summed E-state index contributed by atoms with van der Waals surface area (Å²) in [5, 5.41) is 14.1.